The number of likely N-dealkylation sites (tertiary alicyclic amines) is 1. The molecule has 1 aliphatic heterocycles. The van der Waals surface area contributed by atoms with Crippen molar-refractivity contribution in [3.63, 3.8) is 0 Å². The molecular formula is C20H25N3O3. The summed E-state index contributed by atoms with van der Waals surface area (Å²) in [6, 6.07) is 5.64. The first-order valence-electron chi connectivity index (χ1n) is 8.81. The number of rotatable bonds is 3. The molecule has 138 valence electrons. The molecule has 3 rings (SSSR count). The number of nitrogens with zero attached hydrogens (tertiary/aromatic N) is 3. The summed E-state index contributed by atoms with van der Waals surface area (Å²) in [5.74, 6) is 0.869. The predicted molar refractivity (Wildman–Crippen MR) is 101 cm³/mol. The van der Waals surface area contributed by atoms with Crippen molar-refractivity contribution >= 4 is 23.2 Å². The van der Waals surface area contributed by atoms with E-state index >= 15 is 0 Å². The fourth-order valence-electron chi connectivity index (χ4n) is 2.95. The molecule has 26 heavy (non-hydrogen) atoms. The van der Waals surface area contributed by atoms with Crippen LogP contribution in [0.5, 0.6) is 5.88 Å². The highest BCUT2D eigenvalue weighted by atomic mass is 16.6. The number of fused-ring (bicyclic) bond motifs is 1. The zero-order chi connectivity index (χ0) is 18.7. The normalized spacial score (nSPS) is 17.8. The van der Waals surface area contributed by atoms with Crippen LogP contribution in [0.4, 0.5) is 4.79 Å². The van der Waals surface area contributed by atoms with Gasteiger partial charge in [0, 0.05) is 30.9 Å². The molecule has 1 unspecified atom stereocenters. The van der Waals surface area contributed by atoms with Gasteiger partial charge in [0.25, 0.3) is 0 Å². The smallest absolute Gasteiger partial charge is 0.410 e. The van der Waals surface area contributed by atoms with Crippen LogP contribution in [-0.4, -0.2) is 46.8 Å². The molecule has 1 aliphatic rings. The quantitative estimate of drug-likeness (QED) is 0.835. The molecule has 0 aromatic carbocycles. The fourth-order valence-corrected chi connectivity index (χ4v) is 2.95. The standard InChI is InChI=1S/C20H25N3O3/c1-20(2,3)26-19(24)23-12-10-14(13-23)5-6-15-9-11-21-16-7-8-17(25-4)22-18(15)16/h5-9,11,14H,10,12-13H2,1-4H3/b6-5+. The molecule has 2 aromatic heterocycles. The average molecular weight is 355 g/mol. The zero-order valence-corrected chi connectivity index (χ0v) is 15.7. The van der Waals surface area contributed by atoms with Gasteiger partial charge in [-0.25, -0.2) is 9.78 Å². The second-order valence-electron chi connectivity index (χ2n) is 7.46. The lowest BCUT2D eigenvalue weighted by Gasteiger charge is -2.24. The highest BCUT2D eigenvalue weighted by Crippen LogP contribution is 2.23. The van der Waals surface area contributed by atoms with E-state index in [1.165, 1.54) is 0 Å². The van der Waals surface area contributed by atoms with Crippen molar-refractivity contribution in [2.45, 2.75) is 32.8 Å². The Hall–Kier alpha value is -2.63. The minimum Gasteiger partial charge on any atom is -0.481 e. The SMILES string of the molecule is COc1ccc2nccc(/C=C/C3CCN(C(=O)OC(C)(C)C)C3)c2n1. The third-order valence-electron chi connectivity index (χ3n) is 4.22. The molecule has 3 heterocycles. The lowest BCUT2D eigenvalue weighted by molar-refractivity contribution is 0.0291. The van der Waals surface area contributed by atoms with Crippen molar-refractivity contribution in [3.05, 3.63) is 36.0 Å². The number of aromatic nitrogens is 2. The van der Waals surface area contributed by atoms with Crippen molar-refractivity contribution in [1.29, 1.82) is 0 Å². The first-order valence-corrected chi connectivity index (χ1v) is 8.81. The fraction of sp³-hybridized carbons (Fsp3) is 0.450. The Morgan fingerprint density at radius 2 is 2.12 bits per heavy atom. The lowest BCUT2D eigenvalue weighted by atomic mass is 10.1. The van der Waals surface area contributed by atoms with Crippen molar-refractivity contribution in [2.24, 2.45) is 5.92 Å². The molecule has 6 heteroatoms. The monoisotopic (exact) mass is 355 g/mol. The van der Waals surface area contributed by atoms with E-state index in [1.54, 1.807) is 24.3 Å². The summed E-state index contributed by atoms with van der Waals surface area (Å²) in [4.78, 5) is 22.8. The predicted octanol–water partition coefficient (Wildman–Crippen LogP) is 3.91. The van der Waals surface area contributed by atoms with Gasteiger partial charge >= 0.3 is 6.09 Å². The number of pyridine rings is 2. The van der Waals surface area contributed by atoms with E-state index in [0.29, 0.717) is 24.9 Å². The van der Waals surface area contributed by atoms with Crippen LogP contribution in [0.25, 0.3) is 17.1 Å². The van der Waals surface area contributed by atoms with Crippen LogP contribution in [0.3, 0.4) is 0 Å². The first kappa shape index (κ1) is 18.2. The van der Waals surface area contributed by atoms with E-state index in [1.807, 2.05) is 32.9 Å². The van der Waals surface area contributed by atoms with Crippen LogP contribution in [0, 0.1) is 5.92 Å². The second-order valence-corrected chi connectivity index (χ2v) is 7.46. The Balaban J connectivity index is 1.71. The summed E-state index contributed by atoms with van der Waals surface area (Å²) >= 11 is 0. The molecule has 0 aliphatic carbocycles. The largest absolute Gasteiger partial charge is 0.481 e. The van der Waals surface area contributed by atoms with Crippen LogP contribution in [0.2, 0.25) is 0 Å². The van der Waals surface area contributed by atoms with Crippen LogP contribution in [0.15, 0.2) is 30.5 Å². The molecule has 2 aromatic rings. The number of hydrogen-bond acceptors (Lipinski definition) is 5. The highest BCUT2D eigenvalue weighted by Gasteiger charge is 2.28. The number of ether oxygens (including phenoxy) is 2. The van der Waals surface area contributed by atoms with Crippen molar-refractivity contribution in [3.8, 4) is 5.88 Å². The molecule has 0 N–H and O–H groups in total. The molecule has 1 saturated heterocycles. The maximum absolute atomic E-state index is 12.2. The molecule has 0 radical (unpaired) electrons. The summed E-state index contributed by atoms with van der Waals surface area (Å²) in [6.45, 7) is 7.04. The number of carbonyl (C=O) groups excluding carboxylic acids is 1. The number of hydrogen-bond donors (Lipinski definition) is 0. The zero-order valence-electron chi connectivity index (χ0n) is 15.7. The summed E-state index contributed by atoms with van der Waals surface area (Å²) in [6.07, 6.45) is 6.65. The molecule has 1 amide bonds. The van der Waals surface area contributed by atoms with Gasteiger partial charge < -0.3 is 14.4 Å². The van der Waals surface area contributed by atoms with Gasteiger partial charge in [-0.1, -0.05) is 12.2 Å². The summed E-state index contributed by atoms with van der Waals surface area (Å²) in [7, 11) is 1.60. The van der Waals surface area contributed by atoms with Gasteiger partial charge in [0.15, 0.2) is 0 Å². The molecule has 0 spiro atoms. The summed E-state index contributed by atoms with van der Waals surface area (Å²) in [5.41, 5.74) is 2.16. The summed E-state index contributed by atoms with van der Waals surface area (Å²) in [5, 5.41) is 0. The summed E-state index contributed by atoms with van der Waals surface area (Å²) < 4.78 is 10.7. The molecule has 6 nitrogen and oxygen atoms in total. The Morgan fingerprint density at radius 1 is 1.31 bits per heavy atom. The van der Waals surface area contributed by atoms with E-state index in [9.17, 15) is 4.79 Å². The molecule has 1 fully saturated rings. The number of amides is 1. The maximum Gasteiger partial charge on any atom is 0.410 e. The van der Waals surface area contributed by atoms with E-state index in [-0.39, 0.29) is 6.09 Å². The van der Waals surface area contributed by atoms with Gasteiger partial charge in [-0.05, 0) is 45.2 Å². The Labute approximate surface area is 153 Å². The van der Waals surface area contributed by atoms with Gasteiger partial charge in [0.1, 0.15) is 5.60 Å². The number of methoxy groups -OCH3 is 1. The van der Waals surface area contributed by atoms with Crippen molar-refractivity contribution in [1.82, 2.24) is 14.9 Å². The van der Waals surface area contributed by atoms with Gasteiger partial charge in [0.2, 0.25) is 5.88 Å². The van der Waals surface area contributed by atoms with E-state index < -0.39 is 5.60 Å². The van der Waals surface area contributed by atoms with Crippen molar-refractivity contribution < 1.29 is 14.3 Å². The topological polar surface area (TPSA) is 64.5 Å². The first-order chi connectivity index (χ1) is 12.4. The Kier molecular flexibility index (Phi) is 5.11. The van der Waals surface area contributed by atoms with Gasteiger partial charge in [-0.3, -0.25) is 4.98 Å². The second kappa shape index (κ2) is 7.32. The van der Waals surface area contributed by atoms with Crippen LogP contribution >= 0.6 is 0 Å². The van der Waals surface area contributed by atoms with Crippen molar-refractivity contribution in [2.75, 3.05) is 20.2 Å². The minimum atomic E-state index is -0.467. The van der Waals surface area contributed by atoms with Crippen LogP contribution in [0.1, 0.15) is 32.8 Å². The molecule has 0 bridgehead atoms. The third-order valence-corrected chi connectivity index (χ3v) is 4.22. The Morgan fingerprint density at radius 3 is 2.85 bits per heavy atom. The van der Waals surface area contributed by atoms with E-state index in [0.717, 1.165) is 23.0 Å². The molecule has 0 saturated carbocycles. The van der Waals surface area contributed by atoms with E-state index in [2.05, 4.69) is 22.1 Å². The van der Waals surface area contributed by atoms with E-state index in [4.69, 9.17) is 9.47 Å². The highest BCUT2D eigenvalue weighted by molar-refractivity contribution is 5.84. The van der Waals surface area contributed by atoms with Gasteiger partial charge in [0.05, 0.1) is 18.1 Å². The van der Waals surface area contributed by atoms with Gasteiger partial charge in [-0.2, -0.15) is 0 Å². The lowest BCUT2D eigenvalue weighted by Crippen LogP contribution is -2.35. The molecular weight excluding hydrogens is 330 g/mol. The minimum absolute atomic E-state index is 0.242. The van der Waals surface area contributed by atoms with Gasteiger partial charge in [-0.15, -0.1) is 0 Å². The number of carbonyl (C=O) groups is 1. The third kappa shape index (κ3) is 4.31. The maximum atomic E-state index is 12.2. The Bertz CT molecular complexity index is 827. The van der Waals surface area contributed by atoms with Crippen LogP contribution in [-0.2, 0) is 4.74 Å². The average Bonchev–Trinajstić information content (AvgIpc) is 3.07. The molecule has 1 atom stereocenters. The van der Waals surface area contributed by atoms with Crippen LogP contribution < -0.4 is 4.74 Å².